The molecule has 0 bridgehead atoms. The van der Waals surface area contributed by atoms with Crippen LogP contribution in [-0.4, -0.2) is 24.6 Å². The summed E-state index contributed by atoms with van der Waals surface area (Å²) in [4.78, 5) is 10.5. The molecule has 0 radical (unpaired) electrons. The number of hydrogen-bond acceptors (Lipinski definition) is 3. The molecule has 0 saturated carbocycles. The number of aliphatic hydroxyl groups is 1. The first-order chi connectivity index (χ1) is 7.24. The molecule has 1 heterocycles. The van der Waals surface area contributed by atoms with Gasteiger partial charge in [-0.3, -0.25) is 4.79 Å². The predicted molar refractivity (Wildman–Crippen MR) is 55.8 cm³/mol. The number of aldehydes is 1. The summed E-state index contributed by atoms with van der Waals surface area (Å²) < 4.78 is 5.22. The molecule has 0 amide bonds. The summed E-state index contributed by atoms with van der Waals surface area (Å²) >= 11 is 0. The first-order valence-electron chi connectivity index (χ1n) is 5.10. The molecule has 0 unspecified atom stereocenters. The van der Waals surface area contributed by atoms with Gasteiger partial charge in [-0.15, -0.1) is 0 Å². The molecule has 3 heteroatoms. The third kappa shape index (κ3) is 2.08. The highest BCUT2D eigenvalue weighted by molar-refractivity contribution is 5.74. The number of rotatable bonds is 2. The summed E-state index contributed by atoms with van der Waals surface area (Å²) in [6.07, 6.45) is 2.04. The molecule has 1 aliphatic heterocycles. The zero-order valence-electron chi connectivity index (χ0n) is 8.48. The van der Waals surface area contributed by atoms with E-state index in [0.29, 0.717) is 31.6 Å². The van der Waals surface area contributed by atoms with E-state index in [2.05, 4.69) is 0 Å². The van der Waals surface area contributed by atoms with E-state index in [1.165, 1.54) is 0 Å². The zero-order chi connectivity index (χ0) is 10.7. The average Bonchev–Trinajstić information content (AvgIpc) is 2.30. The molecule has 15 heavy (non-hydrogen) atoms. The van der Waals surface area contributed by atoms with Crippen molar-refractivity contribution in [2.24, 2.45) is 0 Å². The Kier molecular flexibility index (Phi) is 2.84. The van der Waals surface area contributed by atoms with Gasteiger partial charge in [0.05, 0.1) is 5.60 Å². The molecule has 1 saturated heterocycles. The fourth-order valence-corrected chi connectivity index (χ4v) is 1.87. The molecule has 1 aromatic carbocycles. The second-order valence-electron chi connectivity index (χ2n) is 3.88. The number of carbonyl (C=O) groups excluding carboxylic acids is 1. The molecule has 1 fully saturated rings. The van der Waals surface area contributed by atoms with Crippen molar-refractivity contribution >= 4 is 6.29 Å². The summed E-state index contributed by atoms with van der Waals surface area (Å²) in [5.41, 5.74) is 0.727. The monoisotopic (exact) mass is 206 g/mol. The van der Waals surface area contributed by atoms with Crippen molar-refractivity contribution in [3.63, 3.8) is 0 Å². The number of hydrogen-bond donors (Lipinski definition) is 1. The van der Waals surface area contributed by atoms with E-state index in [0.717, 1.165) is 11.8 Å². The van der Waals surface area contributed by atoms with Crippen LogP contribution in [0.4, 0.5) is 0 Å². The van der Waals surface area contributed by atoms with Gasteiger partial charge >= 0.3 is 0 Å². The highest BCUT2D eigenvalue weighted by Crippen LogP contribution is 2.31. The van der Waals surface area contributed by atoms with Crippen molar-refractivity contribution in [2.45, 2.75) is 18.4 Å². The Hall–Kier alpha value is -1.19. The minimum Gasteiger partial charge on any atom is -0.385 e. The van der Waals surface area contributed by atoms with E-state index < -0.39 is 5.60 Å². The van der Waals surface area contributed by atoms with E-state index >= 15 is 0 Å². The maximum atomic E-state index is 10.5. The van der Waals surface area contributed by atoms with Gasteiger partial charge in [0.2, 0.25) is 0 Å². The lowest BCUT2D eigenvalue weighted by molar-refractivity contribution is -0.0679. The van der Waals surface area contributed by atoms with Gasteiger partial charge in [0, 0.05) is 31.6 Å². The van der Waals surface area contributed by atoms with Crippen LogP contribution in [0.15, 0.2) is 24.3 Å². The lowest BCUT2D eigenvalue weighted by Crippen LogP contribution is -2.33. The maximum Gasteiger partial charge on any atom is 0.150 e. The second kappa shape index (κ2) is 4.13. The standard InChI is InChI=1S/C12H14O3/c13-9-10-1-3-11(4-2-10)12(14)5-7-15-8-6-12/h1-4,9,14H,5-8H2. The van der Waals surface area contributed by atoms with E-state index in [4.69, 9.17) is 4.74 Å². The largest absolute Gasteiger partial charge is 0.385 e. The van der Waals surface area contributed by atoms with Crippen LogP contribution >= 0.6 is 0 Å². The molecule has 2 rings (SSSR count). The topological polar surface area (TPSA) is 46.5 Å². The predicted octanol–water partition coefficient (Wildman–Crippen LogP) is 1.50. The molecule has 0 atom stereocenters. The molecule has 80 valence electrons. The van der Waals surface area contributed by atoms with Crippen LogP contribution in [0.25, 0.3) is 0 Å². The summed E-state index contributed by atoms with van der Waals surface area (Å²) in [6, 6.07) is 7.09. The quantitative estimate of drug-likeness (QED) is 0.746. The molecule has 3 nitrogen and oxygen atoms in total. The minimum absolute atomic E-state index is 0.589. The summed E-state index contributed by atoms with van der Waals surface area (Å²) in [6.45, 7) is 1.18. The summed E-state index contributed by atoms with van der Waals surface area (Å²) in [7, 11) is 0. The fourth-order valence-electron chi connectivity index (χ4n) is 1.87. The fraction of sp³-hybridized carbons (Fsp3) is 0.417. The Labute approximate surface area is 88.7 Å². The molecule has 0 aliphatic carbocycles. The van der Waals surface area contributed by atoms with Gasteiger partial charge in [-0.1, -0.05) is 24.3 Å². The SMILES string of the molecule is O=Cc1ccc(C2(O)CCOCC2)cc1. The van der Waals surface area contributed by atoms with Crippen LogP contribution in [0.1, 0.15) is 28.8 Å². The molecular formula is C12H14O3. The Balaban J connectivity index is 2.23. The van der Waals surface area contributed by atoms with Gasteiger partial charge in [0.15, 0.2) is 0 Å². The van der Waals surface area contributed by atoms with Gasteiger partial charge < -0.3 is 9.84 Å². The zero-order valence-corrected chi connectivity index (χ0v) is 8.48. The normalized spacial score (nSPS) is 19.8. The van der Waals surface area contributed by atoms with E-state index in [1.54, 1.807) is 12.1 Å². The van der Waals surface area contributed by atoms with Gasteiger partial charge in [0.1, 0.15) is 6.29 Å². The smallest absolute Gasteiger partial charge is 0.150 e. The van der Waals surface area contributed by atoms with Gasteiger partial charge in [-0.05, 0) is 5.56 Å². The Morgan fingerprint density at radius 3 is 2.33 bits per heavy atom. The lowest BCUT2D eigenvalue weighted by atomic mass is 9.86. The average molecular weight is 206 g/mol. The third-order valence-electron chi connectivity index (χ3n) is 2.90. The molecule has 0 aromatic heterocycles. The first kappa shape index (κ1) is 10.3. The van der Waals surface area contributed by atoms with Crippen molar-refractivity contribution in [3.8, 4) is 0 Å². The van der Waals surface area contributed by atoms with E-state index in [9.17, 15) is 9.90 Å². The second-order valence-corrected chi connectivity index (χ2v) is 3.88. The number of ether oxygens (including phenoxy) is 1. The highest BCUT2D eigenvalue weighted by Gasteiger charge is 2.31. The molecular weight excluding hydrogens is 192 g/mol. The number of carbonyl (C=O) groups is 1. The summed E-state index contributed by atoms with van der Waals surface area (Å²) in [5, 5.41) is 10.3. The van der Waals surface area contributed by atoms with Crippen molar-refractivity contribution in [3.05, 3.63) is 35.4 Å². The lowest BCUT2D eigenvalue weighted by Gasteiger charge is -2.32. The first-order valence-corrected chi connectivity index (χ1v) is 5.10. The van der Waals surface area contributed by atoms with Crippen LogP contribution in [0.3, 0.4) is 0 Å². The number of benzene rings is 1. The van der Waals surface area contributed by atoms with Crippen molar-refractivity contribution < 1.29 is 14.6 Å². The molecule has 0 spiro atoms. The Morgan fingerprint density at radius 1 is 1.20 bits per heavy atom. The van der Waals surface area contributed by atoms with E-state index in [1.807, 2.05) is 12.1 Å². The molecule has 1 N–H and O–H groups in total. The Bertz CT molecular complexity index is 336. The third-order valence-corrected chi connectivity index (χ3v) is 2.90. The van der Waals surface area contributed by atoms with Crippen LogP contribution < -0.4 is 0 Å². The molecule has 1 aliphatic rings. The minimum atomic E-state index is -0.778. The highest BCUT2D eigenvalue weighted by atomic mass is 16.5. The van der Waals surface area contributed by atoms with Crippen LogP contribution in [0.2, 0.25) is 0 Å². The maximum absolute atomic E-state index is 10.5. The van der Waals surface area contributed by atoms with E-state index in [-0.39, 0.29) is 0 Å². The van der Waals surface area contributed by atoms with Crippen LogP contribution in [0.5, 0.6) is 0 Å². The van der Waals surface area contributed by atoms with Gasteiger partial charge in [0.25, 0.3) is 0 Å². The van der Waals surface area contributed by atoms with Crippen LogP contribution in [0, 0.1) is 0 Å². The van der Waals surface area contributed by atoms with Crippen molar-refractivity contribution in [2.75, 3.05) is 13.2 Å². The van der Waals surface area contributed by atoms with Crippen molar-refractivity contribution in [1.82, 2.24) is 0 Å². The Morgan fingerprint density at radius 2 is 1.80 bits per heavy atom. The molecule has 1 aromatic rings. The van der Waals surface area contributed by atoms with Crippen LogP contribution in [-0.2, 0) is 10.3 Å². The van der Waals surface area contributed by atoms with Gasteiger partial charge in [-0.25, -0.2) is 0 Å². The van der Waals surface area contributed by atoms with Gasteiger partial charge in [-0.2, -0.15) is 0 Å². The summed E-state index contributed by atoms with van der Waals surface area (Å²) in [5.74, 6) is 0. The van der Waals surface area contributed by atoms with Crippen molar-refractivity contribution in [1.29, 1.82) is 0 Å².